The maximum atomic E-state index is 12.7. The molecule has 0 aliphatic heterocycles. The molecule has 142 valence electrons. The Balaban J connectivity index is 1.81. The van der Waals surface area contributed by atoms with Crippen molar-refractivity contribution in [2.45, 2.75) is 27.2 Å². The number of para-hydroxylation sites is 1. The Kier molecular flexibility index (Phi) is 5.79. The van der Waals surface area contributed by atoms with Crippen LogP contribution in [0.1, 0.15) is 45.8 Å². The lowest BCUT2D eigenvalue weighted by Gasteiger charge is -2.13. The largest absolute Gasteiger partial charge is 0.324 e. The van der Waals surface area contributed by atoms with Gasteiger partial charge in [-0.15, -0.1) is 0 Å². The second kappa shape index (κ2) is 8.43. The Bertz CT molecular complexity index is 1030. The Labute approximate surface area is 164 Å². The van der Waals surface area contributed by atoms with Gasteiger partial charge in [0.05, 0.1) is 0 Å². The van der Waals surface area contributed by atoms with E-state index in [0.717, 1.165) is 23.2 Å². The number of aromatic nitrogens is 2. The van der Waals surface area contributed by atoms with Gasteiger partial charge >= 0.3 is 0 Å². The maximum absolute atomic E-state index is 12.7. The quantitative estimate of drug-likeness (QED) is 0.619. The zero-order valence-corrected chi connectivity index (χ0v) is 16.1. The first-order valence-corrected chi connectivity index (χ1v) is 9.09. The van der Waals surface area contributed by atoms with Crippen LogP contribution in [-0.2, 0) is 6.42 Å². The summed E-state index contributed by atoms with van der Waals surface area (Å²) >= 11 is 0. The summed E-state index contributed by atoms with van der Waals surface area (Å²) in [5.74, 6) is -0.0385. The third-order valence-electron chi connectivity index (χ3n) is 4.39. The van der Waals surface area contributed by atoms with E-state index < -0.39 is 0 Å². The van der Waals surface area contributed by atoms with Crippen LogP contribution in [0.5, 0.6) is 0 Å². The SMILES string of the molecule is CCc1cccc(C)c1NC(=O)c1ccnc(Nc2cccc(C(C)=O)c2)n1. The fourth-order valence-electron chi connectivity index (χ4n) is 2.87. The Morgan fingerprint density at radius 1 is 1.07 bits per heavy atom. The van der Waals surface area contributed by atoms with Gasteiger partial charge in [-0.3, -0.25) is 9.59 Å². The van der Waals surface area contributed by atoms with Gasteiger partial charge in [0, 0.05) is 23.1 Å². The molecule has 0 fully saturated rings. The molecule has 0 aliphatic carbocycles. The van der Waals surface area contributed by atoms with E-state index in [1.807, 2.05) is 38.1 Å². The minimum Gasteiger partial charge on any atom is -0.324 e. The van der Waals surface area contributed by atoms with Crippen LogP contribution < -0.4 is 10.6 Å². The first kappa shape index (κ1) is 19.2. The molecule has 1 amide bonds. The second-order valence-corrected chi connectivity index (χ2v) is 6.44. The predicted octanol–water partition coefficient (Wildman–Crippen LogP) is 4.55. The van der Waals surface area contributed by atoms with Crippen molar-refractivity contribution in [1.29, 1.82) is 0 Å². The minimum absolute atomic E-state index is 0.0253. The van der Waals surface area contributed by atoms with Gasteiger partial charge in [-0.25, -0.2) is 9.97 Å². The van der Waals surface area contributed by atoms with Crippen LogP contribution in [0.4, 0.5) is 17.3 Å². The molecule has 0 bridgehead atoms. The molecule has 1 aromatic heterocycles. The number of benzene rings is 2. The topological polar surface area (TPSA) is 84.0 Å². The van der Waals surface area contributed by atoms with Gasteiger partial charge in [-0.2, -0.15) is 0 Å². The molecule has 0 saturated heterocycles. The summed E-state index contributed by atoms with van der Waals surface area (Å²) in [6, 6.07) is 14.6. The summed E-state index contributed by atoms with van der Waals surface area (Å²) in [5.41, 5.74) is 4.41. The minimum atomic E-state index is -0.299. The van der Waals surface area contributed by atoms with E-state index in [1.54, 1.807) is 24.3 Å². The van der Waals surface area contributed by atoms with Crippen molar-refractivity contribution in [1.82, 2.24) is 9.97 Å². The molecule has 1 heterocycles. The fourth-order valence-corrected chi connectivity index (χ4v) is 2.87. The zero-order chi connectivity index (χ0) is 20.1. The third kappa shape index (κ3) is 4.40. The highest BCUT2D eigenvalue weighted by Crippen LogP contribution is 2.22. The number of Topliss-reactive ketones (excluding diaryl/α,β-unsaturated/α-hetero) is 1. The van der Waals surface area contributed by atoms with Gasteiger partial charge in [0.25, 0.3) is 5.91 Å². The average Bonchev–Trinajstić information content (AvgIpc) is 2.69. The summed E-state index contributed by atoms with van der Waals surface area (Å²) in [4.78, 5) is 32.7. The highest BCUT2D eigenvalue weighted by atomic mass is 16.2. The number of anilines is 3. The van der Waals surface area contributed by atoms with Crippen molar-refractivity contribution in [2.24, 2.45) is 0 Å². The van der Waals surface area contributed by atoms with Crippen LogP contribution in [0.2, 0.25) is 0 Å². The van der Waals surface area contributed by atoms with E-state index in [0.29, 0.717) is 11.3 Å². The van der Waals surface area contributed by atoms with E-state index in [4.69, 9.17) is 0 Å². The number of carbonyl (C=O) groups excluding carboxylic acids is 2. The van der Waals surface area contributed by atoms with Crippen molar-refractivity contribution in [3.8, 4) is 0 Å². The van der Waals surface area contributed by atoms with Crippen LogP contribution in [-0.4, -0.2) is 21.7 Å². The number of ketones is 1. The van der Waals surface area contributed by atoms with Gasteiger partial charge in [-0.1, -0.05) is 37.3 Å². The van der Waals surface area contributed by atoms with Gasteiger partial charge in [0.2, 0.25) is 5.95 Å². The maximum Gasteiger partial charge on any atom is 0.274 e. The fraction of sp³-hybridized carbons (Fsp3) is 0.182. The van der Waals surface area contributed by atoms with Crippen LogP contribution >= 0.6 is 0 Å². The molecule has 6 heteroatoms. The number of carbonyl (C=O) groups is 2. The molecule has 0 atom stereocenters. The van der Waals surface area contributed by atoms with E-state index >= 15 is 0 Å². The normalized spacial score (nSPS) is 10.4. The highest BCUT2D eigenvalue weighted by Gasteiger charge is 2.13. The van der Waals surface area contributed by atoms with Crippen molar-refractivity contribution >= 4 is 29.0 Å². The summed E-state index contributed by atoms with van der Waals surface area (Å²) in [6.07, 6.45) is 2.35. The number of nitrogens with one attached hydrogen (secondary N) is 2. The van der Waals surface area contributed by atoms with Crippen molar-refractivity contribution < 1.29 is 9.59 Å². The zero-order valence-electron chi connectivity index (χ0n) is 16.1. The standard InChI is InChI=1S/C22H22N4O2/c1-4-16-8-5-7-14(2)20(16)26-21(28)19-11-12-23-22(25-19)24-18-10-6-9-17(13-18)15(3)27/h5-13H,4H2,1-3H3,(H,26,28)(H,23,24,25). The molecule has 0 aliphatic rings. The predicted molar refractivity (Wildman–Crippen MR) is 110 cm³/mol. The molecular weight excluding hydrogens is 352 g/mol. The first-order chi connectivity index (χ1) is 13.5. The number of nitrogens with zero attached hydrogens (tertiary/aromatic N) is 2. The number of hydrogen-bond acceptors (Lipinski definition) is 5. The number of hydrogen-bond donors (Lipinski definition) is 2. The summed E-state index contributed by atoms with van der Waals surface area (Å²) < 4.78 is 0. The lowest BCUT2D eigenvalue weighted by molar-refractivity contribution is 0.101. The molecule has 0 radical (unpaired) electrons. The lowest BCUT2D eigenvalue weighted by atomic mass is 10.1. The van der Waals surface area contributed by atoms with Crippen LogP contribution in [0.15, 0.2) is 54.7 Å². The highest BCUT2D eigenvalue weighted by molar-refractivity contribution is 6.04. The van der Waals surface area contributed by atoms with E-state index in [-0.39, 0.29) is 23.3 Å². The summed E-state index contributed by atoms with van der Waals surface area (Å²) in [5, 5.41) is 6.00. The van der Waals surface area contributed by atoms with Gasteiger partial charge < -0.3 is 10.6 Å². The van der Waals surface area contributed by atoms with E-state index in [1.165, 1.54) is 13.1 Å². The van der Waals surface area contributed by atoms with Crippen molar-refractivity contribution in [2.75, 3.05) is 10.6 Å². The summed E-state index contributed by atoms with van der Waals surface area (Å²) in [6.45, 7) is 5.52. The van der Waals surface area contributed by atoms with Gasteiger partial charge in [0.1, 0.15) is 5.69 Å². The van der Waals surface area contributed by atoms with Crippen LogP contribution in [0.3, 0.4) is 0 Å². The molecule has 2 aromatic carbocycles. The molecule has 0 unspecified atom stereocenters. The summed E-state index contributed by atoms with van der Waals surface area (Å²) in [7, 11) is 0. The smallest absolute Gasteiger partial charge is 0.274 e. The number of rotatable bonds is 6. The molecule has 3 rings (SSSR count). The molecular formula is C22H22N4O2. The van der Waals surface area contributed by atoms with Gasteiger partial charge in [0.15, 0.2) is 5.78 Å². The van der Waals surface area contributed by atoms with Gasteiger partial charge in [-0.05, 0) is 49.6 Å². The molecule has 28 heavy (non-hydrogen) atoms. The van der Waals surface area contributed by atoms with E-state index in [2.05, 4.69) is 20.6 Å². The Morgan fingerprint density at radius 3 is 2.61 bits per heavy atom. The second-order valence-electron chi connectivity index (χ2n) is 6.44. The molecule has 0 spiro atoms. The Morgan fingerprint density at radius 2 is 1.86 bits per heavy atom. The number of amides is 1. The van der Waals surface area contributed by atoms with Crippen LogP contribution in [0.25, 0.3) is 0 Å². The molecule has 2 N–H and O–H groups in total. The van der Waals surface area contributed by atoms with Crippen LogP contribution in [0, 0.1) is 6.92 Å². The van der Waals surface area contributed by atoms with Crippen molar-refractivity contribution in [3.63, 3.8) is 0 Å². The van der Waals surface area contributed by atoms with Crippen molar-refractivity contribution in [3.05, 3.63) is 77.1 Å². The molecule has 3 aromatic rings. The monoisotopic (exact) mass is 374 g/mol. The lowest BCUT2D eigenvalue weighted by Crippen LogP contribution is -2.16. The first-order valence-electron chi connectivity index (χ1n) is 9.09. The van der Waals surface area contributed by atoms with E-state index in [9.17, 15) is 9.59 Å². The molecule has 6 nitrogen and oxygen atoms in total. The average molecular weight is 374 g/mol. The Hall–Kier alpha value is -3.54. The number of aryl methyl sites for hydroxylation is 2. The third-order valence-corrected chi connectivity index (χ3v) is 4.39. The molecule has 0 saturated carbocycles.